The number of rotatable bonds is 12. The van der Waals surface area contributed by atoms with Crippen molar-refractivity contribution in [3.05, 3.63) is 101 Å². The van der Waals surface area contributed by atoms with E-state index in [1.165, 1.54) is 4.90 Å². The van der Waals surface area contributed by atoms with Gasteiger partial charge in [-0.25, -0.2) is 8.42 Å². The molecule has 0 saturated carbocycles. The highest BCUT2D eigenvalue weighted by Crippen LogP contribution is 2.23. The summed E-state index contributed by atoms with van der Waals surface area (Å²) < 4.78 is 27.0. The summed E-state index contributed by atoms with van der Waals surface area (Å²) in [6.07, 6.45) is 1.38. The van der Waals surface area contributed by atoms with Crippen molar-refractivity contribution in [2.75, 3.05) is 17.1 Å². The zero-order chi connectivity index (χ0) is 29.4. The van der Waals surface area contributed by atoms with E-state index in [9.17, 15) is 18.0 Å². The van der Waals surface area contributed by atoms with Crippen molar-refractivity contribution in [3.63, 3.8) is 0 Å². The number of nitrogens with one attached hydrogen (secondary N) is 1. The number of aryl methyl sites for hydroxylation is 1. The van der Waals surface area contributed by atoms with Crippen LogP contribution < -0.4 is 9.62 Å². The summed E-state index contributed by atoms with van der Waals surface area (Å²) in [6, 6.07) is 23.5. The van der Waals surface area contributed by atoms with Crippen LogP contribution in [0, 0.1) is 6.92 Å². The Morgan fingerprint density at radius 2 is 1.48 bits per heavy atom. The van der Waals surface area contributed by atoms with Crippen molar-refractivity contribution in [3.8, 4) is 0 Å². The van der Waals surface area contributed by atoms with E-state index >= 15 is 0 Å². The maximum atomic E-state index is 14.1. The Kier molecular flexibility index (Phi) is 10.5. The molecule has 2 amide bonds. The molecule has 0 aliphatic carbocycles. The second-order valence-electron chi connectivity index (χ2n) is 10.9. The molecular weight excluding hydrogens is 522 g/mol. The summed E-state index contributed by atoms with van der Waals surface area (Å²) in [5.41, 5.74) is 4.26. The highest BCUT2D eigenvalue weighted by atomic mass is 32.2. The van der Waals surface area contributed by atoms with Crippen molar-refractivity contribution in [2.24, 2.45) is 0 Å². The molecule has 0 aromatic heterocycles. The smallest absolute Gasteiger partial charge is 0.244 e. The maximum absolute atomic E-state index is 14.1. The number of sulfonamides is 1. The third kappa shape index (κ3) is 8.68. The number of anilines is 1. The zero-order valence-corrected chi connectivity index (χ0v) is 25.1. The summed E-state index contributed by atoms with van der Waals surface area (Å²) in [6.45, 7) is 9.57. The van der Waals surface area contributed by atoms with Crippen LogP contribution in [0.5, 0.6) is 0 Å². The summed E-state index contributed by atoms with van der Waals surface area (Å²) in [5, 5.41) is 2.96. The number of hydrogen-bond acceptors (Lipinski definition) is 4. The van der Waals surface area contributed by atoms with E-state index in [0.29, 0.717) is 12.1 Å². The van der Waals surface area contributed by atoms with E-state index in [1.54, 1.807) is 12.1 Å². The van der Waals surface area contributed by atoms with Gasteiger partial charge in [0.25, 0.3) is 0 Å². The van der Waals surface area contributed by atoms with Gasteiger partial charge < -0.3 is 10.2 Å². The van der Waals surface area contributed by atoms with Gasteiger partial charge in [0.15, 0.2) is 0 Å². The molecule has 7 nitrogen and oxygen atoms in total. The van der Waals surface area contributed by atoms with Gasteiger partial charge in [-0.15, -0.1) is 0 Å². The number of nitrogens with zero attached hydrogens (tertiary/aromatic N) is 2. The fourth-order valence-corrected chi connectivity index (χ4v) is 5.43. The predicted octanol–water partition coefficient (Wildman–Crippen LogP) is 5.05. The van der Waals surface area contributed by atoms with Crippen LogP contribution in [-0.2, 0) is 32.6 Å². The van der Waals surface area contributed by atoms with Crippen LogP contribution in [0.1, 0.15) is 55.9 Å². The zero-order valence-electron chi connectivity index (χ0n) is 24.3. The average molecular weight is 564 g/mol. The lowest BCUT2D eigenvalue weighted by Gasteiger charge is -2.34. The van der Waals surface area contributed by atoms with Crippen molar-refractivity contribution >= 4 is 27.5 Å². The first-order valence-corrected chi connectivity index (χ1v) is 15.5. The number of benzene rings is 3. The van der Waals surface area contributed by atoms with E-state index in [4.69, 9.17) is 0 Å². The molecule has 0 radical (unpaired) electrons. The van der Waals surface area contributed by atoms with Gasteiger partial charge in [0.1, 0.15) is 12.6 Å². The first kappa shape index (κ1) is 30.9. The monoisotopic (exact) mass is 563 g/mol. The second kappa shape index (κ2) is 13.6. The Bertz CT molecular complexity index is 1390. The molecule has 3 rings (SSSR count). The Morgan fingerprint density at radius 1 is 0.850 bits per heavy atom. The highest BCUT2D eigenvalue weighted by Gasteiger charge is 2.33. The molecule has 1 atom stereocenters. The molecular formula is C32H41N3O4S. The van der Waals surface area contributed by atoms with Crippen LogP contribution >= 0.6 is 0 Å². The Labute approximate surface area is 239 Å². The molecule has 0 spiro atoms. The molecule has 0 fully saturated rings. The quantitative estimate of drug-likeness (QED) is 0.334. The number of amides is 2. The first-order chi connectivity index (χ1) is 18.8. The third-order valence-electron chi connectivity index (χ3n) is 6.66. The van der Waals surface area contributed by atoms with Gasteiger partial charge in [-0.1, -0.05) is 86.1 Å². The maximum Gasteiger partial charge on any atom is 0.244 e. The van der Waals surface area contributed by atoms with E-state index in [-0.39, 0.29) is 24.4 Å². The largest absolute Gasteiger partial charge is 0.352 e. The highest BCUT2D eigenvalue weighted by molar-refractivity contribution is 7.92. The molecule has 3 aromatic rings. The fourth-order valence-electron chi connectivity index (χ4n) is 4.58. The van der Waals surface area contributed by atoms with E-state index in [1.807, 2.05) is 87.5 Å². The molecule has 1 N–H and O–H groups in total. The molecule has 0 aliphatic rings. The molecule has 1 unspecified atom stereocenters. The van der Waals surface area contributed by atoms with E-state index in [2.05, 4.69) is 19.2 Å². The first-order valence-electron chi connectivity index (χ1n) is 13.6. The van der Waals surface area contributed by atoms with Crippen molar-refractivity contribution in [2.45, 2.75) is 65.6 Å². The van der Waals surface area contributed by atoms with Gasteiger partial charge in [0, 0.05) is 19.0 Å². The topological polar surface area (TPSA) is 86.8 Å². The van der Waals surface area contributed by atoms with E-state index < -0.39 is 28.5 Å². The molecule has 0 heterocycles. The number of carbonyl (C=O) groups excluding carboxylic acids is 2. The lowest BCUT2D eigenvalue weighted by atomic mass is 10.0. The standard InChI is InChI=1S/C32H41N3O4S/c1-23(2)28-15-17-29(18-16-28)35(40(6,38)39)22-31(36)34(21-27-14-10-11-25(5)19-27)30(32(37)33-24(3)4)20-26-12-8-7-9-13-26/h7-19,23-24,30H,20-22H2,1-6H3,(H,33,37). The van der Waals surface area contributed by atoms with Gasteiger partial charge >= 0.3 is 0 Å². The van der Waals surface area contributed by atoms with Crippen LogP contribution in [0.3, 0.4) is 0 Å². The third-order valence-corrected chi connectivity index (χ3v) is 7.80. The molecule has 8 heteroatoms. The minimum absolute atomic E-state index is 0.131. The number of hydrogen-bond donors (Lipinski definition) is 1. The second-order valence-corrected chi connectivity index (χ2v) is 12.8. The van der Waals surface area contributed by atoms with Crippen LogP contribution in [0.2, 0.25) is 0 Å². The van der Waals surface area contributed by atoms with Gasteiger partial charge in [0.05, 0.1) is 11.9 Å². The lowest BCUT2D eigenvalue weighted by molar-refractivity contribution is -0.140. The molecule has 0 aliphatic heterocycles. The summed E-state index contributed by atoms with van der Waals surface area (Å²) in [4.78, 5) is 29.2. The summed E-state index contributed by atoms with van der Waals surface area (Å²) in [5.74, 6) is -0.461. The van der Waals surface area contributed by atoms with Gasteiger partial charge in [-0.2, -0.15) is 0 Å². The molecule has 0 saturated heterocycles. The molecule has 40 heavy (non-hydrogen) atoms. The molecule has 0 bridgehead atoms. The van der Waals surface area contributed by atoms with E-state index in [0.717, 1.165) is 32.8 Å². The number of carbonyl (C=O) groups is 2. The van der Waals surface area contributed by atoms with Crippen LogP contribution in [0.4, 0.5) is 5.69 Å². The normalized spacial score (nSPS) is 12.3. The summed E-state index contributed by atoms with van der Waals surface area (Å²) >= 11 is 0. The fraction of sp³-hybridized carbons (Fsp3) is 0.375. The minimum atomic E-state index is -3.80. The Morgan fingerprint density at radius 3 is 2.02 bits per heavy atom. The summed E-state index contributed by atoms with van der Waals surface area (Å²) in [7, 11) is -3.80. The van der Waals surface area contributed by atoms with Crippen LogP contribution in [0.25, 0.3) is 0 Å². The van der Waals surface area contributed by atoms with Crippen LogP contribution in [-0.4, -0.2) is 50.0 Å². The molecule has 214 valence electrons. The van der Waals surface area contributed by atoms with Gasteiger partial charge in [0.2, 0.25) is 21.8 Å². The van der Waals surface area contributed by atoms with Crippen LogP contribution in [0.15, 0.2) is 78.9 Å². The van der Waals surface area contributed by atoms with Gasteiger partial charge in [-0.3, -0.25) is 13.9 Å². The lowest BCUT2D eigenvalue weighted by Crippen LogP contribution is -2.54. The predicted molar refractivity (Wildman–Crippen MR) is 162 cm³/mol. The van der Waals surface area contributed by atoms with Crippen molar-refractivity contribution in [1.82, 2.24) is 10.2 Å². The average Bonchev–Trinajstić information content (AvgIpc) is 2.88. The van der Waals surface area contributed by atoms with Gasteiger partial charge in [-0.05, 0) is 55.5 Å². The minimum Gasteiger partial charge on any atom is -0.352 e. The van der Waals surface area contributed by atoms with Crippen molar-refractivity contribution < 1.29 is 18.0 Å². The SMILES string of the molecule is Cc1cccc(CN(C(=O)CN(c2ccc(C(C)C)cc2)S(C)(=O)=O)C(Cc2ccccc2)C(=O)NC(C)C)c1. The molecule has 3 aromatic carbocycles. The van der Waals surface area contributed by atoms with Crippen molar-refractivity contribution in [1.29, 1.82) is 0 Å². The Balaban J connectivity index is 2.04. The Hall–Kier alpha value is -3.65.